The van der Waals surface area contributed by atoms with Gasteiger partial charge >= 0.3 is 0 Å². The summed E-state index contributed by atoms with van der Waals surface area (Å²) in [7, 11) is 0. The number of hydrogen-bond acceptors (Lipinski definition) is 1. The average molecular weight is 302 g/mol. The van der Waals surface area contributed by atoms with E-state index in [2.05, 4.69) is 6.92 Å². The van der Waals surface area contributed by atoms with E-state index in [4.69, 9.17) is 0 Å². The Morgan fingerprint density at radius 3 is 2.65 bits per heavy atom. The van der Waals surface area contributed by atoms with E-state index in [0.717, 1.165) is 12.0 Å². The predicted octanol–water partition coefficient (Wildman–Crippen LogP) is -0.688. The van der Waals surface area contributed by atoms with Crippen molar-refractivity contribution in [2.45, 2.75) is 95.2 Å². The van der Waals surface area contributed by atoms with Crippen molar-refractivity contribution in [3.05, 3.63) is 0 Å². The molecule has 0 aromatic rings. The van der Waals surface area contributed by atoms with Crippen LogP contribution in [-0.4, -0.2) is 29.3 Å². The zero-order valence-electron chi connectivity index (χ0n) is 13.0. The minimum absolute atomic E-state index is 0. The molecule has 1 aliphatic carbocycles. The topological polar surface area (TPSA) is 24.7 Å². The zero-order chi connectivity index (χ0) is 13.3. The van der Waals surface area contributed by atoms with Crippen LogP contribution in [0.4, 0.5) is 0 Å². The van der Waals surface area contributed by atoms with Crippen LogP contribution in [0.25, 0.3) is 0 Å². The van der Waals surface area contributed by atoms with Crippen molar-refractivity contribution in [1.29, 1.82) is 0 Å². The summed E-state index contributed by atoms with van der Waals surface area (Å²) in [4.78, 5) is 1.86. The molecule has 1 saturated carbocycles. The van der Waals surface area contributed by atoms with Crippen LogP contribution in [0.1, 0.15) is 77.6 Å². The number of nitrogens with one attached hydrogen (secondary N) is 1. The SMILES string of the molecule is CCCC[C@@H]1CC[C@@H]2CCCC[C@]23CC[C@@H](CO)[NH+]13.[Cl-]. The fourth-order valence-corrected chi connectivity index (χ4v) is 5.82. The van der Waals surface area contributed by atoms with Crippen LogP contribution in [0, 0.1) is 5.92 Å². The highest BCUT2D eigenvalue weighted by Crippen LogP contribution is 2.43. The second kappa shape index (κ2) is 6.98. The third-order valence-electron chi connectivity index (χ3n) is 6.59. The van der Waals surface area contributed by atoms with E-state index in [9.17, 15) is 5.11 Å². The van der Waals surface area contributed by atoms with Gasteiger partial charge in [0.25, 0.3) is 0 Å². The van der Waals surface area contributed by atoms with Gasteiger partial charge in [-0.1, -0.05) is 19.8 Å². The van der Waals surface area contributed by atoms with Crippen molar-refractivity contribution in [3.63, 3.8) is 0 Å². The molecular weight excluding hydrogens is 270 g/mol. The summed E-state index contributed by atoms with van der Waals surface area (Å²) in [5.74, 6) is 0.977. The van der Waals surface area contributed by atoms with Crippen molar-refractivity contribution < 1.29 is 22.4 Å². The zero-order valence-corrected chi connectivity index (χ0v) is 13.8. The van der Waals surface area contributed by atoms with Gasteiger partial charge in [-0.2, -0.15) is 0 Å². The number of quaternary nitrogens is 1. The molecule has 0 radical (unpaired) electrons. The molecule has 2 N–H and O–H groups in total. The molecule has 1 spiro atoms. The lowest BCUT2D eigenvalue weighted by atomic mass is 9.66. The van der Waals surface area contributed by atoms with Crippen molar-refractivity contribution in [2.75, 3.05) is 6.61 Å². The van der Waals surface area contributed by atoms with Gasteiger partial charge in [0.05, 0.1) is 12.6 Å². The number of rotatable bonds is 4. The minimum atomic E-state index is 0. The molecule has 3 fully saturated rings. The standard InChI is InChI=1S/C17H31NO.ClH/c1-2-3-7-15-9-8-14-6-4-5-11-17(14)12-10-16(13-19)18(15)17;/h14-16,19H,2-13H2,1H3;1H/t14-,15+,16-,17-;/m0./s1. The molecule has 2 aliphatic heterocycles. The lowest BCUT2D eigenvalue weighted by molar-refractivity contribution is -0.996. The molecule has 2 heterocycles. The summed E-state index contributed by atoms with van der Waals surface area (Å²) in [5, 5.41) is 9.81. The molecule has 0 aromatic heterocycles. The summed E-state index contributed by atoms with van der Waals surface area (Å²) >= 11 is 0. The van der Waals surface area contributed by atoms with Gasteiger partial charge in [0.15, 0.2) is 0 Å². The molecule has 2 saturated heterocycles. The maximum atomic E-state index is 9.81. The Labute approximate surface area is 130 Å². The summed E-state index contributed by atoms with van der Waals surface area (Å²) < 4.78 is 0. The van der Waals surface area contributed by atoms with Crippen LogP contribution in [0.5, 0.6) is 0 Å². The summed E-state index contributed by atoms with van der Waals surface area (Å²) in [6, 6.07) is 1.41. The Bertz CT molecular complexity index is 311. The highest BCUT2D eigenvalue weighted by Gasteiger charge is 2.59. The first kappa shape index (κ1) is 16.6. The Balaban J connectivity index is 0.00000147. The van der Waals surface area contributed by atoms with Crippen molar-refractivity contribution in [1.82, 2.24) is 0 Å². The minimum Gasteiger partial charge on any atom is -1.00 e. The normalized spacial score (nSPS) is 43.5. The van der Waals surface area contributed by atoms with Crippen molar-refractivity contribution in [3.8, 4) is 0 Å². The predicted molar refractivity (Wildman–Crippen MR) is 78.3 cm³/mol. The van der Waals surface area contributed by atoms with Crippen molar-refractivity contribution >= 4 is 0 Å². The fourth-order valence-electron chi connectivity index (χ4n) is 5.82. The maximum absolute atomic E-state index is 9.81. The van der Waals surface area contributed by atoms with Gasteiger partial charge in [-0.25, -0.2) is 0 Å². The monoisotopic (exact) mass is 301 g/mol. The summed E-state index contributed by atoms with van der Waals surface area (Å²) in [5.41, 5.74) is 0.586. The average Bonchev–Trinajstić information content (AvgIpc) is 2.83. The van der Waals surface area contributed by atoms with E-state index >= 15 is 0 Å². The van der Waals surface area contributed by atoms with Gasteiger partial charge in [0.2, 0.25) is 0 Å². The van der Waals surface area contributed by atoms with Gasteiger partial charge < -0.3 is 22.4 Å². The van der Waals surface area contributed by atoms with Gasteiger partial charge in [0.1, 0.15) is 11.6 Å². The lowest BCUT2D eigenvalue weighted by Crippen LogP contribution is -3.26. The fraction of sp³-hybridized carbons (Fsp3) is 1.00. The van der Waals surface area contributed by atoms with E-state index < -0.39 is 0 Å². The molecule has 3 heteroatoms. The Kier molecular flexibility index (Phi) is 5.79. The molecule has 0 aromatic carbocycles. The Morgan fingerprint density at radius 2 is 1.90 bits per heavy atom. The van der Waals surface area contributed by atoms with E-state index in [-0.39, 0.29) is 12.4 Å². The summed E-state index contributed by atoms with van der Waals surface area (Å²) in [6.45, 7) is 2.73. The molecular formula is C17H32ClNO. The highest BCUT2D eigenvalue weighted by molar-refractivity contribution is 4.98. The molecule has 3 aliphatic rings. The summed E-state index contributed by atoms with van der Waals surface area (Å²) in [6.07, 6.45) is 15.5. The molecule has 5 atom stereocenters. The first-order chi connectivity index (χ1) is 9.31. The molecule has 0 amide bonds. The van der Waals surface area contributed by atoms with E-state index in [1.54, 1.807) is 0 Å². The molecule has 0 bridgehead atoms. The number of hydrogen-bond donors (Lipinski definition) is 2. The van der Waals surface area contributed by atoms with Crippen LogP contribution >= 0.6 is 0 Å². The molecule has 3 rings (SSSR count). The molecule has 1 unspecified atom stereocenters. The van der Waals surface area contributed by atoms with Crippen molar-refractivity contribution in [2.24, 2.45) is 5.92 Å². The second-order valence-electron chi connectivity index (χ2n) is 7.39. The third-order valence-corrected chi connectivity index (χ3v) is 6.59. The van der Waals surface area contributed by atoms with Crippen LogP contribution in [-0.2, 0) is 0 Å². The maximum Gasteiger partial charge on any atom is 0.112 e. The number of piperidine rings is 1. The number of aliphatic hydroxyl groups excluding tert-OH is 1. The number of aliphatic hydroxyl groups is 1. The number of halogens is 1. The molecule has 118 valence electrons. The Morgan fingerprint density at radius 1 is 1.05 bits per heavy atom. The van der Waals surface area contributed by atoms with E-state index in [0.29, 0.717) is 18.2 Å². The Hall–Kier alpha value is 0.210. The van der Waals surface area contributed by atoms with Crippen LogP contribution in [0.15, 0.2) is 0 Å². The van der Waals surface area contributed by atoms with E-state index in [1.165, 1.54) is 70.6 Å². The van der Waals surface area contributed by atoms with E-state index in [1.807, 2.05) is 4.90 Å². The van der Waals surface area contributed by atoms with Crippen LogP contribution < -0.4 is 17.3 Å². The highest BCUT2D eigenvalue weighted by atomic mass is 35.5. The lowest BCUT2D eigenvalue weighted by Gasteiger charge is -2.53. The quantitative estimate of drug-likeness (QED) is 0.706. The van der Waals surface area contributed by atoms with Gasteiger partial charge in [-0.05, 0) is 38.5 Å². The van der Waals surface area contributed by atoms with Crippen LogP contribution in [0.3, 0.4) is 0 Å². The third kappa shape index (κ3) is 2.64. The van der Waals surface area contributed by atoms with Gasteiger partial charge in [0, 0.05) is 25.2 Å². The van der Waals surface area contributed by atoms with Crippen LogP contribution in [0.2, 0.25) is 0 Å². The second-order valence-corrected chi connectivity index (χ2v) is 7.39. The first-order valence-corrected chi connectivity index (χ1v) is 8.80. The molecule has 20 heavy (non-hydrogen) atoms. The molecule has 2 nitrogen and oxygen atoms in total. The number of unbranched alkanes of at least 4 members (excludes halogenated alkanes) is 1. The van der Waals surface area contributed by atoms with Gasteiger partial charge in [-0.3, -0.25) is 0 Å². The smallest absolute Gasteiger partial charge is 0.112 e. The first-order valence-electron chi connectivity index (χ1n) is 8.80. The van der Waals surface area contributed by atoms with Gasteiger partial charge in [-0.15, -0.1) is 0 Å². The largest absolute Gasteiger partial charge is 1.00 e.